The van der Waals surface area contributed by atoms with Gasteiger partial charge in [-0.1, -0.05) is 0 Å². The minimum absolute atomic E-state index is 0.0406. The molecule has 0 saturated carbocycles. The first-order chi connectivity index (χ1) is 10.1. The summed E-state index contributed by atoms with van der Waals surface area (Å²) in [6.45, 7) is 0. The number of benzene rings is 1. The number of rotatable bonds is 5. The summed E-state index contributed by atoms with van der Waals surface area (Å²) in [4.78, 5) is 26.8. The van der Waals surface area contributed by atoms with Crippen LogP contribution in [0.1, 0.15) is 20.9 Å². The van der Waals surface area contributed by atoms with Crippen molar-refractivity contribution < 1.29 is 28.6 Å². The highest BCUT2D eigenvalue weighted by Crippen LogP contribution is 2.33. The molecule has 8 nitrogen and oxygen atoms in total. The first-order valence-corrected chi connectivity index (χ1v) is 5.76. The summed E-state index contributed by atoms with van der Waals surface area (Å²) in [5.74, 6) is -1.35. The molecule has 0 aliphatic carbocycles. The average Bonchev–Trinajstić information content (AvgIpc) is 3.00. The number of hydrogen-bond donors (Lipinski definition) is 2. The Bertz CT molecular complexity index is 666. The number of carboxylic acids is 1. The van der Waals surface area contributed by atoms with Crippen LogP contribution in [0.2, 0.25) is 0 Å². The zero-order valence-electron chi connectivity index (χ0n) is 11.2. The number of methoxy groups -OCH3 is 2. The third-order valence-corrected chi connectivity index (χ3v) is 2.66. The molecule has 1 amide bonds. The number of hydrogen-bond acceptors (Lipinski definition) is 6. The molecule has 1 aromatic carbocycles. The van der Waals surface area contributed by atoms with Crippen molar-refractivity contribution in [1.82, 2.24) is 4.98 Å². The van der Waals surface area contributed by atoms with E-state index in [1.807, 2.05) is 0 Å². The zero-order chi connectivity index (χ0) is 15.4. The van der Waals surface area contributed by atoms with Gasteiger partial charge in [0.1, 0.15) is 0 Å². The number of carbonyl (C=O) groups excluding carboxylic acids is 1. The molecule has 21 heavy (non-hydrogen) atoms. The molecule has 0 aliphatic heterocycles. The molecule has 0 radical (unpaired) electrons. The lowest BCUT2D eigenvalue weighted by molar-refractivity contribution is 0.0697. The van der Waals surface area contributed by atoms with Crippen molar-refractivity contribution in [3.63, 3.8) is 0 Å². The number of nitrogens with zero attached hydrogens (tertiary/aromatic N) is 1. The summed E-state index contributed by atoms with van der Waals surface area (Å²) in [6.07, 6.45) is 2.32. The lowest BCUT2D eigenvalue weighted by Gasteiger charge is -2.13. The van der Waals surface area contributed by atoms with Crippen LogP contribution in [0, 0.1) is 0 Å². The average molecular weight is 292 g/mol. The van der Waals surface area contributed by atoms with Gasteiger partial charge in [-0.15, -0.1) is 0 Å². The van der Waals surface area contributed by atoms with Crippen LogP contribution in [-0.4, -0.2) is 36.2 Å². The standard InChI is InChI=1S/C13H12N2O6/c1-19-9-3-7(13(17)18)8(4-10(9)20-2)15-12(16)11-5-14-6-21-11/h3-6H,1-2H3,(H,15,16)(H,17,18). The Balaban J connectivity index is 2.41. The molecule has 110 valence electrons. The van der Waals surface area contributed by atoms with Crippen LogP contribution in [0.5, 0.6) is 11.5 Å². The van der Waals surface area contributed by atoms with Gasteiger partial charge in [0.05, 0.1) is 31.7 Å². The van der Waals surface area contributed by atoms with Gasteiger partial charge in [-0.25, -0.2) is 9.78 Å². The minimum Gasteiger partial charge on any atom is -0.493 e. The second-order valence-electron chi connectivity index (χ2n) is 3.88. The maximum absolute atomic E-state index is 11.9. The van der Waals surface area contributed by atoms with E-state index in [4.69, 9.17) is 13.9 Å². The first kappa shape index (κ1) is 14.4. The summed E-state index contributed by atoms with van der Waals surface area (Å²) < 4.78 is 15.0. The SMILES string of the molecule is COc1cc(NC(=O)c2cnco2)c(C(=O)O)cc1OC. The van der Waals surface area contributed by atoms with E-state index >= 15 is 0 Å². The van der Waals surface area contributed by atoms with Gasteiger partial charge in [0.15, 0.2) is 17.9 Å². The van der Waals surface area contributed by atoms with Crippen LogP contribution < -0.4 is 14.8 Å². The third-order valence-electron chi connectivity index (χ3n) is 2.66. The fraction of sp³-hybridized carbons (Fsp3) is 0.154. The van der Waals surface area contributed by atoms with Gasteiger partial charge < -0.3 is 24.3 Å². The predicted molar refractivity (Wildman–Crippen MR) is 71.0 cm³/mol. The number of aromatic nitrogens is 1. The fourth-order valence-corrected chi connectivity index (χ4v) is 1.67. The number of carboxylic acid groups (broad SMARTS) is 1. The highest BCUT2D eigenvalue weighted by molar-refractivity contribution is 6.06. The molecule has 0 saturated heterocycles. The number of amides is 1. The van der Waals surface area contributed by atoms with Gasteiger partial charge in [0.25, 0.3) is 5.91 Å². The molecule has 1 aromatic heterocycles. The Labute approximate surface area is 119 Å². The van der Waals surface area contributed by atoms with Crippen molar-refractivity contribution in [3.05, 3.63) is 36.0 Å². The van der Waals surface area contributed by atoms with E-state index in [1.165, 1.54) is 32.5 Å². The highest BCUT2D eigenvalue weighted by atomic mass is 16.5. The van der Waals surface area contributed by atoms with Gasteiger partial charge in [-0.2, -0.15) is 0 Å². The maximum Gasteiger partial charge on any atom is 0.337 e. The summed E-state index contributed by atoms with van der Waals surface area (Å²) >= 11 is 0. The Kier molecular flexibility index (Phi) is 4.07. The second kappa shape index (κ2) is 5.95. The summed E-state index contributed by atoms with van der Waals surface area (Å²) in [6, 6.07) is 2.62. The lowest BCUT2D eigenvalue weighted by Crippen LogP contribution is -2.14. The van der Waals surface area contributed by atoms with Crippen molar-refractivity contribution in [2.45, 2.75) is 0 Å². The fourth-order valence-electron chi connectivity index (χ4n) is 1.67. The molecule has 2 N–H and O–H groups in total. The number of anilines is 1. The Morgan fingerprint density at radius 3 is 2.43 bits per heavy atom. The van der Waals surface area contributed by atoms with E-state index in [0.717, 1.165) is 6.39 Å². The molecule has 0 unspecified atom stereocenters. The van der Waals surface area contributed by atoms with E-state index in [1.54, 1.807) is 0 Å². The van der Waals surface area contributed by atoms with Crippen LogP contribution in [0.15, 0.2) is 29.1 Å². The molecular formula is C13H12N2O6. The van der Waals surface area contributed by atoms with E-state index in [9.17, 15) is 14.7 Å². The highest BCUT2D eigenvalue weighted by Gasteiger charge is 2.19. The Hall–Kier alpha value is -3.03. The number of nitrogens with one attached hydrogen (secondary N) is 1. The molecule has 8 heteroatoms. The summed E-state index contributed by atoms with van der Waals surface area (Å²) in [5, 5.41) is 11.6. The second-order valence-corrected chi connectivity index (χ2v) is 3.88. The van der Waals surface area contributed by atoms with E-state index in [2.05, 4.69) is 10.3 Å². The van der Waals surface area contributed by atoms with Gasteiger partial charge >= 0.3 is 5.97 Å². The van der Waals surface area contributed by atoms with Crippen molar-refractivity contribution in [1.29, 1.82) is 0 Å². The number of ether oxygens (including phenoxy) is 2. The summed E-state index contributed by atoms with van der Waals surface area (Å²) in [7, 11) is 2.79. The molecule has 0 aliphatic rings. The van der Waals surface area contributed by atoms with Crippen LogP contribution in [0.3, 0.4) is 0 Å². The topological polar surface area (TPSA) is 111 Å². The third kappa shape index (κ3) is 2.94. The lowest BCUT2D eigenvalue weighted by atomic mass is 10.1. The van der Waals surface area contributed by atoms with E-state index in [-0.39, 0.29) is 28.5 Å². The molecule has 2 aromatic rings. The summed E-state index contributed by atoms with van der Waals surface area (Å²) in [5.41, 5.74) is -0.0814. The predicted octanol–water partition coefficient (Wildman–Crippen LogP) is 1.64. The number of oxazole rings is 1. The van der Waals surface area contributed by atoms with Crippen LogP contribution in [-0.2, 0) is 0 Å². The van der Waals surface area contributed by atoms with Crippen LogP contribution in [0.25, 0.3) is 0 Å². The van der Waals surface area contributed by atoms with Crippen LogP contribution in [0.4, 0.5) is 5.69 Å². The Morgan fingerprint density at radius 1 is 1.24 bits per heavy atom. The first-order valence-electron chi connectivity index (χ1n) is 5.76. The molecule has 0 atom stereocenters. The number of carbonyl (C=O) groups is 2. The van der Waals surface area contributed by atoms with Gasteiger partial charge in [-0.05, 0) is 0 Å². The smallest absolute Gasteiger partial charge is 0.337 e. The molecule has 0 spiro atoms. The normalized spacial score (nSPS) is 10.0. The van der Waals surface area contributed by atoms with Gasteiger partial charge in [0, 0.05) is 12.1 Å². The largest absolute Gasteiger partial charge is 0.493 e. The molecule has 2 rings (SSSR count). The van der Waals surface area contributed by atoms with Crippen molar-refractivity contribution in [2.24, 2.45) is 0 Å². The minimum atomic E-state index is -1.22. The zero-order valence-corrected chi connectivity index (χ0v) is 11.2. The molecule has 0 fully saturated rings. The van der Waals surface area contributed by atoms with Crippen molar-refractivity contribution >= 4 is 17.6 Å². The molecular weight excluding hydrogens is 280 g/mol. The van der Waals surface area contributed by atoms with E-state index in [0.29, 0.717) is 0 Å². The van der Waals surface area contributed by atoms with Crippen molar-refractivity contribution in [3.8, 4) is 11.5 Å². The van der Waals surface area contributed by atoms with Crippen LogP contribution >= 0.6 is 0 Å². The maximum atomic E-state index is 11.9. The van der Waals surface area contributed by atoms with Crippen molar-refractivity contribution in [2.75, 3.05) is 19.5 Å². The quantitative estimate of drug-likeness (QED) is 0.861. The number of aromatic carboxylic acids is 1. The Morgan fingerprint density at radius 2 is 1.90 bits per heavy atom. The monoisotopic (exact) mass is 292 g/mol. The molecule has 0 bridgehead atoms. The van der Waals surface area contributed by atoms with Gasteiger partial charge in [0.2, 0.25) is 5.76 Å². The van der Waals surface area contributed by atoms with E-state index < -0.39 is 11.9 Å². The molecule has 1 heterocycles. The van der Waals surface area contributed by atoms with Gasteiger partial charge in [-0.3, -0.25) is 4.79 Å².